The second kappa shape index (κ2) is 9.70. The van der Waals surface area contributed by atoms with Crippen molar-refractivity contribution in [2.45, 2.75) is 71.1 Å². The molecule has 0 bridgehead atoms. The number of benzene rings is 1. The van der Waals surface area contributed by atoms with Crippen molar-refractivity contribution in [3.8, 4) is 5.75 Å². The number of nitrogens with zero attached hydrogens (tertiary/aromatic N) is 3. The molecule has 0 saturated carbocycles. The van der Waals surface area contributed by atoms with Gasteiger partial charge in [-0.3, -0.25) is 4.79 Å². The summed E-state index contributed by atoms with van der Waals surface area (Å²) in [5.74, 6) is 1.49. The summed E-state index contributed by atoms with van der Waals surface area (Å²) in [5.41, 5.74) is 1.12. The molecular weight excluding hydrogens is 488 g/mol. The van der Waals surface area contributed by atoms with Gasteiger partial charge in [0.2, 0.25) is 5.95 Å². The van der Waals surface area contributed by atoms with E-state index in [0.29, 0.717) is 46.5 Å². The molecule has 4 heterocycles. The third kappa shape index (κ3) is 5.61. The lowest BCUT2D eigenvalue weighted by Gasteiger charge is -2.31. The average Bonchev–Trinajstić information content (AvgIpc) is 3.17. The van der Waals surface area contributed by atoms with E-state index in [2.05, 4.69) is 25.8 Å². The summed E-state index contributed by atoms with van der Waals surface area (Å²) in [7, 11) is 0. The first-order valence-corrected chi connectivity index (χ1v) is 12.9. The van der Waals surface area contributed by atoms with Gasteiger partial charge < -0.3 is 34.7 Å². The maximum absolute atomic E-state index is 12.3. The molecule has 3 N–H and O–H groups in total. The highest BCUT2D eigenvalue weighted by molar-refractivity contribution is 6.00. The molecule has 2 amide bonds. The van der Waals surface area contributed by atoms with Gasteiger partial charge in [-0.2, -0.15) is 4.98 Å². The van der Waals surface area contributed by atoms with E-state index in [0.717, 1.165) is 25.8 Å². The van der Waals surface area contributed by atoms with Crippen LogP contribution in [0.15, 0.2) is 34.9 Å². The first-order valence-electron chi connectivity index (χ1n) is 12.9. The van der Waals surface area contributed by atoms with Gasteiger partial charge in [-0.05, 0) is 72.1 Å². The van der Waals surface area contributed by atoms with Crippen LogP contribution in [0.3, 0.4) is 0 Å². The molecule has 1 saturated heterocycles. The molecule has 0 radical (unpaired) electrons. The van der Waals surface area contributed by atoms with E-state index in [9.17, 15) is 9.59 Å². The summed E-state index contributed by atoms with van der Waals surface area (Å²) >= 11 is 0. The molecule has 38 heavy (non-hydrogen) atoms. The molecule has 2 aliphatic heterocycles. The normalized spacial score (nSPS) is 19.1. The van der Waals surface area contributed by atoms with Gasteiger partial charge >= 0.3 is 6.09 Å². The predicted molar refractivity (Wildman–Crippen MR) is 144 cm³/mol. The van der Waals surface area contributed by atoms with Crippen molar-refractivity contribution in [1.82, 2.24) is 15.3 Å². The van der Waals surface area contributed by atoms with Crippen molar-refractivity contribution in [3.63, 3.8) is 0 Å². The van der Waals surface area contributed by atoms with Crippen molar-refractivity contribution in [1.29, 1.82) is 0 Å². The average molecular weight is 523 g/mol. The Kier molecular flexibility index (Phi) is 6.54. The van der Waals surface area contributed by atoms with E-state index >= 15 is 0 Å². The molecule has 3 aromatic rings. The lowest BCUT2D eigenvalue weighted by atomic mass is 10.1. The molecule has 1 unspecified atom stereocenters. The summed E-state index contributed by atoms with van der Waals surface area (Å²) < 4.78 is 17.0. The monoisotopic (exact) mass is 522 g/mol. The second-order valence-corrected chi connectivity index (χ2v) is 11.2. The zero-order valence-electron chi connectivity index (χ0n) is 22.4. The number of amides is 2. The number of anilines is 4. The van der Waals surface area contributed by atoms with Crippen LogP contribution in [0.1, 0.15) is 53.9 Å². The third-order valence-corrected chi connectivity index (χ3v) is 6.43. The molecule has 0 spiro atoms. The van der Waals surface area contributed by atoms with Gasteiger partial charge in [-0.15, -0.1) is 0 Å². The Balaban J connectivity index is 1.33. The molecule has 2 aromatic heterocycles. The smallest absolute Gasteiger partial charge is 0.407 e. The number of ether oxygens (including phenoxy) is 2. The maximum atomic E-state index is 12.3. The van der Waals surface area contributed by atoms with Gasteiger partial charge in [0.1, 0.15) is 16.9 Å². The quantitative estimate of drug-likeness (QED) is 0.435. The highest BCUT2D eigenvalue weighted by Gasteiger charge is 2.35. The predicted octanol–water partition coefficient (Wildman–Crippen LogP) is 4.96. The van der Waals surface area contributed by atoms with Crippen molar-refractivity contribution < 1.29 is 23.5 Å². The molecule has 2 aliphatic rings. The van der Waals surface area contributed by atoms with Crippen LogP contribution in [0.5, 0.6) is 5.75 Å². The number of carbonyl (C=O) groups excluding carboxylic acids is 2. The fourth-order valence-corrected chi connectivity index (χ4v) is 4.56. The SMILES string of the molecule is CC(C)(C)OC(=O)NC1CCCN(c2nc(Nc3ccc4c(c3)NC(=O)C(C)(C)O4)nc3ccoc23)CC1. The zero-order valence-corrected chi connectivity index (χ0v) is 22.4. The summed E-state index contributed by atoms with van der Waals surface area (Å²) in [5, 5.41) is 9.15. The fourth-order valence-electron chi connectivity index (χ4n) is 4.56. The van der Waals surface area contributed by atoms with Gasteiger partial charge in [-0.1, -0.05) is 0 Å². The molecule has 11 nitrogen and oxygen atoms in total. The minimum atomic E-state index is -0.930. The van der Waals surface area contributed by atoms with Crippen LogP contribution < -0.4 is 25.6 Å². The van der Waals surface area contributed by atoms with Crippen LogP contribution in [0.25, 0.3) is 11.1 Å². The number of alkyl carbamates (subject to hydrolysis) is 1. The van der Waals surface area contributed by atoms with E-state index < -0.39 is 17.3 Å². The lowest BCUT2D eigenvalue weighted by Crippen LogP contribution is -2.45. The Labute approximate surface area is 221 Å². The van der Waals surface area contributed by atoms with E-state index in [1.54, 1.807) is 32.2 Å². The second-order valence-electron chi connectivity index (χ2n) is 11.2. The van der Waals surface area contributed by atoms with Gasteiger partial charge in [0.15, 0.2) is 17.0 Å². The Bertz CT molecular complexity index is 1360. The van der Waals surface area contributed by atoms with Crippen molar-refractivity contribution in [2.75, 3.05) is 28.6 Å². The fraction of sp³-hybridized carbons (Fsp3) is 0.481. The first-order chi connectivity index (χ1) is 18.0. The van der Waals surface area contributed by atoms with Crippen LogP contribution in [0.4, 0.5) is 27.9 Å². The molecular formula is C27H34N6O5. The van der Waals surface area contributed by atoms with Crippen molar-refractivity contribution in [2.24, 2.45) is 0 Å². The van der Waals surface area contributed by atoms with Crippen molar-refractivity contribution >= 4 is 46.2 Å². The number of carbonyl (C=O) groups is 2. The number of rotatable bonds is 4. The van der Waals surface area contributed by atoms with Crippen LogP contribution in [0.2, 0.25) is 0 Å². The Morgan fingerprint density at radius 3 is 2.79 bits per heavy atom. The molecule has 202 valence electrons. The minimum absolute atomic E-state index is 0.0132. The number of furan rings is 1. The largest absolute Gasteiger partial charge is 0.476 e. The van der Waals surface area contributed by atoms with Crippen LogP contribution >= 0.6 is 0 Å². The number of fused-ring (bicyclic) bond motifs is 2. The van der Waals surface area contributed by atoms with Gasteiger partial charge in [-0.25, -0.2) is 9.78 Å². The van der Waals surface area contributed by atoms with E-state index in [1.165, 1.54) is 0 Å². The van der Waals surface area contributed by atoms with Crippen LogP contribution in [-0.4, -0.2) is 52.3 Å². The molecule has 11 heteroatoms. The van der Waals surface area contributed by atoms with Gasteiger partial charge in [0.25, 0.3) is 5.91 Å². The standard InChI is InChI=1S/C27H34N6O5/c1-26(2,3)38-25(35)29-16-7-6-12-33(13-10-16)22-21-18(11-14-36-21)31-24(32-22)28-17-8-9-20-19(15-17)30-23(34)27(4,5)37-20/h8-9,11,14-16H,6-7,10,12-13H2,1-5H3,(H,29,35)(H,30,34)(H,28,31,32). The maximum Gasteiger partial charge on any atom is 0.407 e. The van der Waals surface area contributed by atoms with E-state index in [-0.39, 0.29) is 11.9 Å². The number of aromatic nitrogens is 2. The topological polar surface area (TPSA) is 131 Å². The molecule has 1 atom stereocenters. The number of nitrogens with one attached hydrogen (secondary N) is 3. The summed E-state index contributed by atoms with van der Waals surface area (Å²) in [4.78, 5) is 36.2. The van der Waals surface area contributed by atoms with Gasteiger partial charge in [0, 0.05) is 30.9 Å². The Morgan fingerprint density at radius 2 is 2.00 bits per heavy atom. The molecule has 0 aliphatic carbocycles. The van der Waals surface area contributed by atoms with Gasteiger partial charge in [0.05, 0.1) is 12.0 Å². The highest BCUT2D eigenvalue weighted by Crippen LogP contribution is 2.36. The Hall–Kier alpha value is -4.02. The summed E-state index contributed by atoms with van der Waals surface area (Å²) in [6.45, 7) is 10.5. The highest BCUT2D eigenvalue weighted by atomic mass is 16.6. The van der Waals surface area contributed by atoms with Crippen LogP contribution in [0, 0.1) is 0 Å². The lowest BCUT2D eigenvalue weighted by molar-refractivity contribution is -0.129. The number of hydrogen-bond donors (Lipinski definition) is 3. The van der Waals surface area contributed by atoms with E-state index in [1.807, 2.05) is 32.9 Å². The minimum Gasteiger partial charge on any atom is -0.476 e. The van der Waals surface area contributed by atoms with Crippen molar-refractivity contribution in [3.05, 3.63) is 30.5 Å². The first kappa shape index (κ1) is 25.6. The molecule has 5 rings (SSSR count). The third-order valence-electron chi connectivity index (χ3n) is 6.43. The number of hydrogen-bond acceptors (Lipinski definition) is 9. The van der Waals surface area contributed by atoms with E-state index in [4.69, 9.17) is 18.9 Å². The zero-order chi connectivity index (χ0) is 27.1. The summed E-state index contributed by atoms with van der Waals surface area (Å²) in [6, 6.07) is 7.28. The summed E-state index contributed by atoms with van der Waals surface area (Å²) in [6.07, 6.45) is 3.66. The van der Waals surface area contributed by atoms with Crippen LogP contribution in [-0.2, 0) is 9.53 Å². The molecule has 1 aromatic carbocycles. The molecule has 1 fully saturated rings. The Morgan fingerprint density at radius 1 is 1.18 bits per heavy atom.